The van der Waals surface area contributed by atoms with Crippen molar-refractivity contribution in [3.8, 4) is 0 Å². The van der Waals surface area contributed by atoms with Gasteiger partial charge in [0.05, 0.1) is 5.33 Å². The molecule has 1 aliphatic rings. The van der Waals surface area contributed by atoms with Crippen molar-refractivity contribution in [1.29, 1.82) is 0 Å². The van der Waals surface area contributed by atoms with Gasteiger partial charge in [-0.25, -0.2) is 0 Å². The van der Waals surface area contributed by atoms with Crippen molar-refractivity contribution < 1.29 is 4.79 Å². The maximum atomic E-state index is 11.2. The molecule has 3 heteroatoms. The van der Waals surface area contributed by atoms with Gasteiger partial charge in [-0.1, -0.05) is 38.3 Å². The van der Waals surface area contributed by atoms with E-state index in [9.17, 15) is 4.79 Å². The number of carbonyl (C=O) groups excluding carboxylic acids is 1. The Morgan fingerprint density at radius 2 is 2.18 bits per heavy atom. The minimum absolute atomic E-state index is 0.312. The van der Waals surface area contributed by atoms with Gasteiger partial charge in [-0.2, -0.15) is 0 Å². The minimum Gasteiger partial charge on any atom is -0.298 e. The molecule has 0 aromatic carbocycles. The van der Waals surface area contributed by atoms with Crippen LogP contribution < -0.4 is 0 Å². The predicted molar refractivity (Wildman–Crippen MR) is 53.5 cm³/mol. The molecular formula is C8H12Br2O. The molecule has 1 rings (SSSR count). The molecule has 0 spiro atoms. The largest absolute Gasteiger partial charge is 0.298 e. The van der Waals surface area contributed by atoms with Crippen LogP contribution in [0.3, 0.4) is 0 Å². The fourth-order valence-electron chi connectivity index (χ4n) is 1.53. The van der Waals surface area contributed by atoms with Crippen LogP contribution in [-0.2, 0) is 4.79 Å². The van der Waals surface area contributed by atoms with Crippen LogP contribution in [0.2, 0.25) is 0 Å². The van der Waals surface area contributed by atoms with Crippen molar-refractivity contribution in [2.75, 3.05) is 5.33 Å². The van der Waals surface area contributed by atoms with Crippen molar-refractivity contribution in [2.24, 2.45) is 5.92 Å². The van der Waals surface area contributed by atoms with E-state index in [1.54, 1.807) is 0 Å². The molecule has 0 aliphatic heterocycles. The van der Waals surface area contributed by atoms with E-state index >= 15 is 0 Å². The van der Waals surface area contributed by atoms with Gasteiger partial charge < -0.3 is 0 Å². The summed E-state index contributed by atoms with van der Waals surface area (Å²) >= 11 is 6.76. The van der Waals surface area contributed by atoms with Gasteiger partial charge in [-0.15, -0.1) is 0 Å². The second kappa shape index (κ2) is 4.61. The topological polar surface area (TPSA) is 17.1 Å². The fraction of sp³-hybridized carbons (Fsp3) is 0.875. The lowest BCUT2D eigenvalue weighted by molar-refractivity contribution is -0.121. The van der Waals surface area contributed by atoms with E-state index in [0.717, 1.165) is 12.8 Å². The monoisotopic (exact) mass is 282 g/mol. The molecule has 0 bridgehead atoms. The zero-order valence-electron chi connectivity index (χ0n) is 6.35. The second-order valence-corrected chi connectivity index (χ2v) is 4.92. The Hall–Kier alpha value is 0.630. The number of ketones is 1. The summed E-state index contributed by atoms with van der Waals surface area (Å²) in [5.74, 6) is 0.682. The smallest absolute Gasteiger partial charge is 0.146 e. The number of carbonyl (C=O) groups is 1. The number of hydrogen-bond donors (Lipinski definition) is 0. The molecule has 0 radical (unpaired) electrons. The maximum absolute atomic E-state index is 11.2. The van der Waals surface area contributed by atoms with E-state index in [-0.39, 0.29) is 0 Å². The third-order valence-corrected chi connectivity index (χ3v) is 3.58. The van der Waals surface area contributed by atoms with E-state index < -0.39 is 0 Å². The molecule has 0 aromatic rings. The van der Waals surface area contributed by atoms with Crippen LogP contribution in [0.25, 0.3) is 0 Å². The highest BCUT2D eigenvalue weighted by atomic mass is 79.9. The summed E-state index contributed by atoms with van der Waals surface area (Å²) in [6.07, 6.45) is 4.54. The van der Waals surface area contributed by atoms with Crippen LogP contribution in [0.4, 0.5) is 0 Å². The predicted octanol–water partition coefficient (Wildman–Crippen LogP) is 2.90. The Morgan fingerprint density at radius 1 is 1.45 bits per heavy atom. The summed E-state index contributed by atoms with van der Waals surface area (Å²) in [4.78, 5) is 11.8. The maximum Gasteiger partial charge on any atom is 0.146 e. The van der Waals surface area contributed by atoms with Gasteiger partial charge in [0.15, 0.2) is 0 Å². The Morgan fingerprint density at radius 3 is 2.73 bits per heavy atom. The standard InChI is InChI=1S/C8H12Br2O/c9-5-8(11)6-2-1-3-7(10)4-6/h6-7H,1-5H2. The molecule has 1 fully saturated rings. The van der Waals surface area contributed by atoms with E-state index in [4.69, 9.17) is 0 Å². The molecule has 1 nitrogen and oxygen atoms in total. The molecule has 1 aliphatic carbocycles. The van der Waals surface area contributed by atoms with Gasteiger partial charge in [-0.3, -0.25) is 4.79 Å². The Kier molecular flexibility index (Phi) is 4.07. The fourth-order valence-corrected chi connectivity index (χ4v) is 2.76. The number of alkyl halides is 2. The van der Waals surface area contributed by atoms with E-state index in [2.05, 4.69) is 31.9 Å². The first kappa shape index (κ1) is 9.72. The van der Waals surface area contributed by atoms with Gasteiger partial charge in [0.1, 0.15) is 5.78 Å². The molecule has 11 heavy (non-hydrogen) atoms. The molecule has 0 heterocycles. The molecule has 0 aromatic heterocycles. The number of halogens is 2. The molecule has 0 N–H and O–H groups in total. The summed E-state index contributed by atoms with van der Waals surface area (Å²) < 4.78 is 0. The highest BCUT2D eigenvalue weighted by Gasteiger charge is 2.24. The van der Waals surface area contributed by atoms with Crippen molar-refractivity contribution in [2.45, 2.75) is 30.5 Å². The third kappa shape index (κ3) is 2.86. The molecule has 2 atom stereocenters. The summed E-state index contributed by atoms with van der Waals surface area (Å²) in [6.45, 7) is 0. The van der Waals surface area contributed by atoms with Crippen LogP contribution in [0.5, 0.6) is 0 Å². The molecular weight excluding hydrogens is 272 g/mol. The van der Waals surface area contributed by atoms with Crippen LogP contribution in [-0.4, -0.2) is 15.9 Å². The number of hydrogen-bond acceptors (Lipinski definition) is 1. The van der Waals surface area contributed by atoms with Gasteiger partial charge in [0, 0.05) is 10.7 Å². The zero-order valence-corrected chi connectivity index (χ0v) is 9.53. The SMILES string of the molecule is O=C(CBr)C1CCCC(Br)C1. The van der Waals surface area contributed by atoms with Crippen LogP contribution in [0.1, 0.15) is 25.7 Å². The minimum atomic E-state index is 0.312. The lowest BCUT2D eigenvalue weighted by Gasteiger charge is -2.23. The van der Waals surface area contributed by atoms with Crippen LogP contribution in [0, 0.1) is 5.92 Å². The van der Waals surface area contributed by atoms with Crippen molar-refractivity contribution >= 4 is 37.6 Å². The van der Waals surface area contributed by atoms with E-state index in [1.807, 2.05) is 0 Å². The van der Waals surface area contributed by atoms with E-state index in [0.29, 0.717) is 21.9 Å². The average Bonchev–Trinajstić information content (AvgIpc) is 2.03. The van der Waals surface area contributed by atoms with Crippen molar-refractivity contribution in [1.82, 2.24) is 0 Å². The van der Waals surface area contributed by atoms with Crippen molar-refractivity contribution in [3.63, 3.8) is 0 Å². The number of Topliss-reactive ketones (excluding diaryl/α,β-unsaturated/α-hetero) is 1. The van der Waals surface area contributed by atoms with Gasteiger partial charge in [0.2, 0.25) is 0 Å². The zero-order chi connectivity index (χ0) is 8.27. The normalized spacial score (nSPS) is 31.8. The molecule has 2 unspecified atom stereocenters. The summed E-state index contributed by atoms with van der Waals surface area (Å²) in [6, 6.07) is 0. The average molecular weight is 284 g/mol. The van der Waals surface area contributed by atoms with Gasteiger partial charge >= 0.3 is 0 Å². The Bertz CT molecular complexity index is 147. The van der Waals surface area contributed by atoms with Crippen LogP contribution in [0.15, 0.2) is 0 Å². The first-order valence-corrected chi connectivity index (χ1v) is 6.00. The van der Waals surface area contributed by atoms with E-state index in [1.165, 1.54) is 12.8 Å². The van der Waals surface area contributed by atoms with Crippen LogP contribution >= 0.6 is 31.9 Å². The number of rotatable bonds is 2. The Labute approximate surface area is 84.2 Å². The third-order valence-electron chi connectivity index (χ3n) is 2.20. The second-order valence-electron chi connectivity index (χ2n) is 3.06. The highest BCUT2D eigenvalue weighted by Crippen LogP contribution is 2.29. The molecule has 1 saturated carbocycles. The molecule has 64 valence electrons. The van der Waals surface area contributed by atoms with Gasteiger partial charge in [0.25, 0.3) is 0 Å². The first-order valence-electron chi connectivity index (χ1n) is 3.96. The first-order chi connectivity index (χ1) is 5.24. The van der Waals surface area contributed by atoms with Gasteiger partial charge in [-0.05, 0) is 19.3 Å². The summed E-state index contributed by atoms with van der Waals surface area (Å²) in [7, 11) is 0. The quantitative estimate of drug-likeness (QED) is 0.712. The van der Waals surface area contributed by atoms with Crippen molar-refractivity contribution in [3.05, 3.63) is 0 Å². The lowest BCUT2D eigenvalue weighted by atomic mass is 9.87. The summed E-state index contributed by atoms with van der Waals surface area (Å²) in [5.41, 5.74) is 0. The lowest BCUT2D eigenvalue weighted by Crippen LogP contribution is -2.23. The summed E-state index contributed by atoms with van der Waals surface area (Å²) in [5, 5.41) is 0.525. The molecule has 0 saturated heterocycles. The Balaban J connectivity index is 2.39. The highest BCUT2D eigenvalue weighted by molar-refractivity contribution is 9.09. The molecule has 0 amide bonds.